The summed E-state index contributed by atoms with van der Waals surface area (Å²) in [6, 6.07) is 0. The minimum absolute atomic E-state index is 0.149. The lowest BCUT2D eigenvalue weighted by Gasteiger charge is -2.15. The Morgan fingerprint density at radius 1 is 1.38 bits per heavy atom. The average Bonchev–Trinajstić information content (AvgIpc) is 2.22. The number of aromatic hydroxyl groups is 1. The van der Waals surface area contributed by atoms with E-state index in [-0.39, 0.29) is 17.9 Å². The fraction of sp³-hybridized carbons (Fsp3) is 0.364. The average molecular weight is 245 g/mol. The van der Waals surface area contributed by atoms with E-state index in [4.69, 9.17) is 21.4 Å². The molecule has 2 N–H and O–H groups in total. The van der Waals surface area contributed by atoms with Crippen LogP contribution >= 0.6 is 11.6 Å². The van der Waals surface area contributed by atoms with Crippen LogP contribution in [0.1, 0.15) is 16.7 Å². The van der Waals surface area contributed by atoms with Crippen molar-refractivity contribution in [3.8, 4) is 11.5 Å². The smallest absolute Gasteiger partial charge is 0.307 e. The molecular formula is C11H13ClO4. The summed E-state index contributed by atoms with van der Waals surface area (Å²) in [7, 11) is 1.40. The Kier molecular flexibility index (Phi) is 3.65. The van der Waals surface area contributed by atoms with Gasteiger partial charge in [0.1, 0.15) is 0 Å². The quantitative estimate of drug-likeness (QED) is 0.856. The van der Waals surface area contributed by atoms with Gasteiger partial charge in [-0.1, -0.05) is 11.6 Å². The van der Waals surface area contributed by atoms with Crippen LogP contribution in [0, 0.1) is 13.8 Å². The number of aliphatic carboxylic acids is 1. The predicted octanol–water partition coefficient (Wildman–Crippen LogP) is 2.30. The van der Waals surface area contributed by atoms with Gasteiger partial charge < -0.3 is 14.9 Å². The zero-order chi connectivity index (χ0) is 12.5. The molecule has 0 saturated heterocycles. The molecule has 0 aliphatic rings. The lowest BCUT2D eigenvalue weighted by Crippen LogP contribution is -2.05. The van der Waals surface area contributed by atoms with Crippen molar-refractivity contribution in [1.82, 2.24) is 0 Å². The molecule has 0 radical (unpaired) electrons. The van der Waals surface area contributed by atoms with Gasteiger partial charge in [0.2, 0.25) is 0 Å². The molecule has 0 spiro atoms. The van der Waals surface area contributed by atoms with Crippen LogP contribution in [0.4, 0.5) is 0 Å². The number of rotatable bonds is 3. The first-order valence-electron chi connectivity index (χ1n) is 4.66. The first-order chi connectivity index (χ1) is 7.40. The summed E-state index contributed by atoms with van der Waals surface area (Å²) >= 11 is 6.04. The molecule has 4 nitrogen and oxygen atoms in total. The molecule has 1 aromatic carbocycles. The summed E-state index contributed by atoms with van der Waals surface area (Å²) in [4.78, 5) is 10.7. The van der Waals surface area contributed by atoms with Gasteiger partial charge in [0.15, 0.2) is 11.5 Å². The van der Waals surface area contributed by atoms with Gasteiger partial charge in [-0.3, -0.25) is 4.79 Å². The van der Waals surface area contributed by atoms with Crippen molar-refractivity contribution in [2.45, 2.75) is 20.3 Å². The summed E-state index contributed by atoms with van der Waals surface area (Å²) in [5, 5.41) is 19.0. The largest absolute Gasteiger partial charge is 0.504 e. The normalized spacial score (nSPS) is 10.2. The van der Waals surface area contributed by atoms with Crippen LogP contribution < -0.4 is 4.74 Å². The molecule has 0 atom stereocenters. The van der Waals surface area contributed by atoms with Crippen LogP contribution in [0.2, 0.25) is 5.02 Å². The number of phenolic OH excluding ortho intramolecular Hbond substituents is 1. The Morgan fingerprint density at radius 3 is 2.38 bits per heavy atom. The summed E-state index contributed by atoms with van der Waals surface area (Å²) in [6.07, 6.45) is -0.284. The molecule has 0 aliphatic carbocycles. The highest BCUT2D eigenvalue weighted by molar-refractivity contribution is 6.32. The van der Waals surface area contributed by atoms with E-state index in [1.165, 1.54) is 7.11 Å². The Labute approximate surface area is 98.4 Å². The van der Waals surface area contributed by atoms with Gasteiger partial charge in [-0.2, -0.15) is 0 Å². The third kappa shape index (κ3) is 2.07. The first-order valence-corrected chi connectivity index (χ1v) is 5.04. The van der Waals surface area contributed by atoms with Crippen molar-refractivity contribution >= 4 is 17.6 Å². The Balaban J connectivity index is 3.48. The number of methoxy groups -OCH3 is 1. The number of ether oxygens (including phenoxy) is 1. The van der Waals surface area contributed by atoms with Crippen molar-refractivity contribution in [3.05, 3.63) is 21.7 Å². The second-order valence-corrected chi connectivity index (χ2v) is 3.87. The molecule has 1 rings (SSSR count). The van der Waals surface area contributed by atoms with E-state index in [1.807, 2.05) is 0 Å². The molecule has 0 heterocycles. The van der Waals surface area contributed by atoms with Crippen LogP contribution in [-0.2, 0) is 11.2 Å². The number of carboxylic acids is 1. The molecule has 1 aromatic rings. The van der Waals surface area contributed by atoms with Crippen LogP contribution in [-0.4, -0.2) is 23.3 Å². The third-order valence-corrected chi connectivity index (χ3v) is 3.05. The van der Waals surface area contributed by atoms with Crippen molar-refractivity contribution in [2.75, 3.05) is 7.11 Å². The highest BCUT2D eigenvalue weighted by Crippen LogP contribution is 2.41. The fourth-order valence-corrected chi connectivity index (χ4v) is 1.82. The van der Waals surface area contributed by atoms with Crippen molar-refractivity contribution in [1.29, 1.82) is 0 Å². The standard InChI is InChI=1S/C11H13ClO4/c1-5-7(4-8(13)14)10(15)11(16-3)6(2)9(5)12/h15H,4H2,1-3H3,(H,13,14). The van der Waals surface area contributed by atoms with Crippen LogP contribution in [0.3, 0.4) is 0 Å². The maximum atomic E-state index is 10.7. The molecule has 5 heteroatoms. The minimum atomic E-state index is -1.03. The molecule has 0 saturated carbocycles. The third-order valence-electron chi connectivity index (χ3n) is 2.48. The molecule has 0 unspecified atom stereocenters. The van der Waals surface area contributed by atoms with Crippen molar-refractivity contribution in [2.24, 2.45) is 0 Å². The maximum Gasteiger partial charge on any atom is 0.307 e. The molecule has 0 aromatic heterocycles. The monoisotopic (exact) mass is 244 g/mol. The topological polar surface area (TPSA) is 66.8 Å². The molecule has 0 amide bonds. The highest BCUT2D eigenvalue weighted by atomic mass is 35.5. The Bertz CT molecular complexity index is 440. The van der Waals surface area contributed by atoms with E-state index in [0.29, 0.717) is 21.7 Å². The predicted molar refractivity (Wildman–Crippen MR) is 60.5 cm³/mol. The molecule has 0 bridgehead atoms. The van der Waals surface area contributed by atoms with Gasteiger partial charge in [0.05, 0.1) is 18.6 Å². The first kappa shape index (κ1) is 12.6. The summed E-state index contributed by atoms with van der Waals surface area (Å²) in [6.45, 7) is 3.38. The van der Waals surface area contributed by atoms with Crippen LogP contribution in [0.25, 0.3) is 0 Å². The van der Waals surface area contributed by atoms with Crippen LogP contribution in [0.15, 0.2) is 0 Å². The van der Waals surface area contributed by atoms with Gasteiger partial charge in [0, 0.05) is 11.1 Å². The summed E-state index contributed by atoms with van der Waals surface area (Å²) < 4.78 is 5.01. The van der Waals surface area contributed by atoms with Crippen molar-refractivity contribution < 1.29 is 19.7 Å². The zero-order valence-corrected chi connectivity index (χ0v) is 10.1. The van der Waals surface area contributed by atoms with E-state index in [0.717, 1.165) is 0 Å². The second-order valence-electron chi connectivity index (χ2n) is 3.49. The number of phenols is 1. The van der Waals surface area contributed by atoms with Crippen LogP contribution in [0.5, 0.6) is 11.5 Å². The molecule has 16 heavy (non-hydrogen) atoms. The van der Waals surface area contributed by atoms with E-state index in [1.54, 1.807) is 13.8 Å². The van der Waals surface area contributed by atoms with Gasteiger partial charge in [0.25, 0.3) is 0 Å². The Morgan fingerprint density at radius 2 is 1.94 bits per heavy atom. The van der Waals surface area contributed by atoms with E-state index >= 15 is 0 Å². The number of hydrogen-bond donors (Lipinski definition) is 2. The number of hydrogen-bond acceptors (Lipinski definition) is 3. The van der Waals surface area contributed by atoms with Gasteiger partial charge >= 0.3 is 5.97 Å². The molecule has 88 valence electrons. The van der Waals surface area contributed by atoms with Gasteiger partial charge in [-0.05, 0) is 19.4 Å². The van der Waals surface area contributed by atoms with E-state index in [2.05, 4.69) is 0 Å². The lowest BCUT2D eigenvalue weighted by atomic mass is 10.0. The molecule has 0 fully saturated rings. The van der Waals surface area contributed by atoms with Crippen molar-refractivity contribution in [3.63, 3.8) is 0 Å². The fourth-order valence-electron chi connectivity index (χ4n) is 1.62. The number of carboxylic acid groups (broad SMARTS) is 1. The zero-order valence-electron chi connectivity index (χ0n) is 9.30. The van der Waals surface area contributed by atoms with E-state index < -0.39 is 5.97 Å². The highest BCUT2D eigenvalue weighted by Gasteiger charge is 2.20. The van der Waals surface area contributed by atoms with E-state index in [9.17, 15) is 9.90 Å². The maximum absolute atomic E-state index is 10.7. The van der Waals surface area contributed by atoms with Gasteiger partial charge in [-0.25, -0.2) is 0 Å². The summed E-state index contributed by atoms with van der Waals surface area (Å²) in [5.74, 6) is -0.948. The molecular weight excluding hydrogens is 232 g/mol. The number of benzene rings is 1. The summed E-state index contributed by atoms with van der Waals surface area (Å²) in [5.41, 5.74) is 1.47. The second kappa shape index (κ2) is 4.61. The molecule has 0 aliphatic heterocycles. The SMILES string of the molecule is COc1c(C)c(Cl)c(C)c(CC(=O)O)c1O. The Hall–Kier alpha value is -1.42. The number of halogens is 1. The lowest BCUT2D eigenvalue weighted by molar-refractivity contribution is -0.136. The minimum Gasteiger partial charge on any atom is -0.504 e. The van der Waals surface area contributed by atoms with Gasteiger partial charge in [-0.15, -0.1) is 0 Å². The number of carbonyl (C=O) groups is 1.